The van der Waals surface area contributed by atoms with Gasteiger partial charge in [-0.15, -0.1) is 0 Å². The highest BCUT2D eigenvalue weighted by molar-refractivity contribution is 5.81. The van der Waals surface area contributed by atoms with Gasteiger partial charge in [0.15, 0.2) is 6.20 Å². The van der Waals surface area contributed by atoms with Gasteiger partial charge in [0.1, 0.15) is 7.05 Å². The highest BCUT2D eigenvalue weighted by Gasteiger charge is 2.25. The Balaban J connectivity index is 1.87. The third-order valence-electron chi connectivity index (χ3n) is 5.63. The van der Waals surface area contributed by atoms with Gasteiger partial charge in [-0.05, 0) is 71.5 Å². The van der Waals surface area contributed by atoms with Crippen molar-refractivity contribution < 1.29 is 8.68 Å². The van der Waals surface area contributed by atoms with Crippen LogP contribution >= 0.6 is 0 Å². The fraction of sp³-hybridized carbons (Fsp3) is 0.346. The summed E-state index contributed by atoms with van der Waals surface area (Å²) in [5, 5.41) is 0. The number of benzene rings is 2. The summed E-state index contributed by atoms with van der Waals surface area (Å²) < 4.78 is 26.1. The van der Waals surface area contributed by atoms with Crippen molar-refractivity contribution in [2.45, 2.75) is 47.4 Å². The quantitative estimate of drug-likeness (QED) is 0.389. The fourth-order valence-electron chi connectivity index (χ4n) is 4.32. The zero-order chi connectivity index (χ0) is 21.8. The number of aryl methyl sites for hydroxylation is 2. The standard InChI is InChI=1S/C26H30N/c1-17-16-27(6)25(14-20(17)15-26(3,4)5)21-11-12-23-22-10-8-7-9-19(22)13-24(23)18(21)2/h7-12,14,16H,13,15H2,1-6H3/q+1/i1D3. The monoisotopic (exact) mass is 359 g/mol. The van der Waals surface area contributed by atoms with Gasteiger partial charge >= 0.3 is 0 Å². The van der Waals surface area contributed by atoms with Gasteiger partial charge in [-0.3, -0.25) is 0 Å². The third kappa shape index (κ3) is 3.20. The van der Waals surface area contributed by atoms with Gasteiger partial charge in [0, 0.05) is 21.3 Å². The van der Waals surface area contributed by atoms with Crippen LogP contribution in [-0.2, 0) is 19.9 Å². The van der Waals surface area contributed by atoms with E-state index in [4.69, 9.17) is 4.11 Å². The fourth-order valence-corrected chi connectivity index (χ4v) is 4.32. The van der Waals surface area contributed by atoms with E-state index in [1.165, 1.54) is 33.4 Å². The smallest absolute Gasteiger partial charge is 0.201 e. The zero-order valence-corrected chi connectivity index (χ0v) is 17.0. The molecule has 3 aromatic rings. The number of rotatable bonds is 2. The van der Waals surface area contributed by atoms with Gasteiger partial charge in [0.25, 0.3) is 0 Å². The van der Waals surface area contributed by atoms with Crippen LogP contribution in [0.1, 0.15) is 52.7 Å². The average molecular weight is 360 g/mol. The molecule has 0 radical (unpaired) electrons. The Kier molecular flexibility index (Phi) is 3.43. The molecule has 1 heteroatoms. The summed E-state index contributed by atoms with van der Waals surface area (Å²) in [5.74, 6) is 0. The summed E-state index contributed by atoms with van der Waals surface area (Å²) in [7, 11) is 1.95. The van der Waals surface area contributed by atoms with E-state index in [1.807, 2.05) is 17.8 Å². The lowest BCUT2D eigenvalue weighted by Gasteiger charge is -2.20. The van der Waals surface area contributed by atoms with E-state index in [9.17, 15) is 0 Å². The Morgan fingerprint density at radius 3 is 2.52 bits per heavy atom. The van der Waals surface area contributed by atoms with Gasteiger partial charge in [-0.2, -0.15) is 0 Å². The van der Waals surface area contributed by atoms with E-state index < -0.39 is 6.85 Å². The Bertz CT molecular complexity index is 1130. The summed E-state index contributed by atoms with van der Waals surface area (Å²) in [4.78, 5) is 0. The first-order valence-corrected chi connectivity index (χ1v) is 9.70. The largest absolute Gasteiger partial charge is 0.212 e. The van der Waals surface area contributed by atoms with Crippen LogP contribution in [0.3, 0.4) is 0 Å². The zero-order valence-electron chi connectivity index (χ0n) is 20.0. The Labute approximate surface area is 167 Å². The van der Waals surface area contributed by atoms with Crippen molar-refractivity contribution in [1.29, 1.82) is 0 Å². The molecule has 0 amide bonds. The van der Waals surface area contributed by atoms with Crippen LogP contribution in [0.5, 0.6) is 0 Å². The number of nitrogens with zero attached hydrogens (tertiary/aromatic N) is 1. The molecule has 1 nitrogen and oxygen atoms in total. The predicted molar refractivity (Wildman–Crippen MR) is 114 cm³/mol. The number of hydrogen-bond donors (Lipinski definition) is 0. The van der Waals surface area contributed by atoms with Crippen molar-refractivity contribution in [2.75, 3.05) is 0 Å². The second-order valence-corrected chi connectivity index (χ2v) is 9.04. The van der Waals surface area contributed by atoms with Gasteiger partial charge in [0.2, 0.25) is 5.69 Å². The van der Waals surface area contributed by atoms with E-state index >= 15 is 0 Å². The van der Waals surface area contributed by atoms with Crippen molar-refractivity contribution in [2.24, 2.45) is 12.5 Å². The lowest BCUT2D eigenvalue weighted by atomic mass is 9.86. The van der Waals surface area contributed by atoms with Crippen molar-refractivity contribution >= 4 is 0 Å². The van der Waals surface area contributed by atoms with Crippen molar-refractivity contribution in [3.63, 3.8) is 0 Å². The number of fused-ring (bicyclic) bond motifs is 3. The molecule has 0 unspecified atom stereocenters. The Morgan fingerprint density at radius 2 is 1.78 bits per heavy atom. The summed E-state index contributed by atoms with van der Waals surface area (Å²) in [5.41, 5.74) is 10.3. The summed E-state index contributed by atoms with van der Waals surface area (Å²) in [6.07, 6.45) is 3.49. The molecule has 1 aromatic heterocycles. The lowest BCUT2D eigenvalue weighted by molar-refractivity contribution is -0.660. The SMILES string of the molecule is [2H]C([2H])([2H])c1c[n+](C)c(-c2ccc3c(c2C)Cc2ccccc2-3)cc1CC(C)(C)C. The van der Waals surface area contributed by atoms with Crippen LogP contribution in [0.25, 0.3) is 22.4 Å². The molecule has 27 heavy (non-hydrogen) atoms. The van der Waals surface area contributed by atoms with Gasteiger partial charge in [-0.25, -0.2) is 4.57 Å². The maximum absolute atomic E-state index is 8.03. The lowest BCUT2D eigenvalue weighted by Crippen LogP contribution is -2.32. The van der Waals surface area contributed by atoms with Crippen LogP contribution in [0.15, 0.2) is 48.7 Å². The van der Waals surface area contributed by atoms with Gasteiger partial charge in [-0.1, -0.05) is 51.1 Å². The minimum absolute atomic E-state index is 0.00577. The van der Waals surface area contributed by atoms with Crippen LogP contribution in [0.2, 0.25) is 0 Å². The van der Waals surface area contributed by atoms with E-state index in [-0.39, 0.29) is 5.41 Å². The Hall–Kier alpha value is -2.41. The summed E-state index contributed by atoms with van der Waals surface area (Å²) in [6, 6.07) is 15.1. The van der Waals surface area contributed by atoms with Crippen molar-refractivity contribution in [3.05, 3.63) is 76.5 Å². The maximum atomic E-state index is 8.03. The third-order valence-corrected chi connectivity index (χ3v) is 5.63. The molecule has 0 atom stereocenters. The number of aromatic nitrogens is 1. The normalized spacial score (nSPS) is 14.9. The molecule has 1 heterocycles. The molecule has 4 rings (SSSR count). The molecular weight excluding hydrogens is 326 g/mol. The minimum Gasteiger partial charge on any atom is -0.201 e. The second-order valence-electron chi connectivity index (χ2n) is 9.04. The first kappa shape index (κ1) is 14.6. The first-order valence-electron chi connectivity index (χ1n) is 11.2. The molecule has 138 valence electrons. The summed E-state index contributed by atoms with van der Waals surface area (Å²) >= 11 is 0. The molecule has 0 saturated carbocycles. The molecule has 2 aromatic carbocycles. The van der Waals surface area contributed by atoms with E-state index in [2.05, 4.69) is 70.2 Å². The van der Waals surface area contributed by atoms with Gasteiger partial charge < -0.3 is 0 Å². The van der Waals surface area contributed by atoms with E-state index in [0.29, 0.717) is 5.56 Å². The topological polar surface area (TPSA) is 3.88 Å². The molecule has 0 N–H and O–H groups in total. The predicted octanol–water partition coefficient (Wildman–Crippen LogP) is 5.95. The molecule has 0 spiro atoms. The van der Waals surface area contributed by atoms with E-state index in [0.717, 1.165) is 24.1 Å². The van der Waals surface area contributed by atoms with Crippen LogP contribution in [0, 0.1) is 19.2 Å². The maximum Gasteiger partial charge on any atom is 0.212 e. The Morgan fingerprint density at radius 1 is 1.04 bits per heavy atom. The highest BCUT2D eigenvalue weighted by atomic mass is 14.9. The number of hydrogen-bond acceptors (Lipinski definition) is 0. The molecule has 0 saturated heterocycles. The van der Waals surface area contributed by atoms with Crippen LogP contribution < -0.4 is 4.57 Å². The summed E-state index contributed by atoms with van der Waals surface area (Å²) in [6.45, 7) is 6.54. The molecule has 0 bridgehead atoms. The van der Waals surface area contributed by atoms with E-state index in [1.54, 1.807) is 0 Å². The molecular formula is C26H30N+. The number of pyridine rings is 1. The second kappa shape index (κ2) is 6.34. The molecule has 0 fully saturated rings. The first-order chi connectivity index (χ1) is 14.0. The van der Waals surface area contributed by atoms with Crippen LogP contribution in [-0.4, -0.2) is 0 Å². The molecule has 0 aliphatic heterocycles. The van der Waals surface area contributed by atoms with Crippen molar-refractivity contribution in [1.82, 2.24) is 0 Å². The van der Waals surface area contributed by atoms with Crippen molar-refractivity contribution in [3.8, 4) is 22.4 Å². The average Bonchev–Trinajstić information content (AvgIpc) is 3.01. The molecule has 1 aliphatic carbocycles. The van der Waals surface area contributed by atoms with Crippen LogP contribution in [0.4, 0.5) is 0 Å². The van der Waals surface area contributed by atoms with Gasteiger partial charge in [0.05, 0.1) is 0 Å². The molecule has 1 aliphatic rings. The highest BCUT2D eigenvalue weighted by Crippen LogP contribution is 2.41. The minimum atomic E-state index is -2.12.